The molecule has 4 heteroatoms. The van der Waals surface area contributed by atoms with Crippen molar-refractivity contribution in [3.8, 4) is 0 Å². The van der Waals surface area contributed by atoms with Gasteiger partial charge >= 0.3 is 0 Å². The molecule has 1 amide bonds. The molecule has 0 aromatic heterocycles. The summed E-state index contributed by atoms with van der Waals surface area (Å²) in [7, 11) is 0. The van der Waals surface area contributed by atoms with E-state index in [0.717, 1.165) is 26.1 Å². The van der Waals surface area contributed by atoms with E-state index >= 15 is 0 Å². The van der Waals surface area contributed by atoms with Gasteiger partial charge in [-0.15, -0.1) is 0 Å². The van der Waals surface area contributed by atoms with Crippen molar-refractivity contribution < 1.29 is 9.18 Å². The first kappa shape index (κ1) is 10.7. The number of amides is 1. The van der Waals surface area contributed by atoms with Crippen molar-refractivity contribution >= 4 is 5.91 Å². The molecule has 2 fully saturated rings. The second-order valence-corrected chi connectivity index (χ2v) is 4.83. The van der Waals surface area contributed by atoms with Crippen LogP contribution in [0.1, 0.15) is 16.8 Å². The number of hydrogen-bond donors (Lipinski definition) is 1. The first-order valence-electron chi connectivity index (χ1n) is 6.02. The second-order valence-electron chi connectivity index (χ2n) is 4.83. The van der Waals surface area contributed by atoms with Crippen LogP contribution in [0.4, 0.5) is 4.39 Å². The molecule has 0 bridgehead atoms. The van der Waals surface area contributed by atoms with Gasteiger partial charge in [-0.2, -0.15) is 0 Å². The predicted molar refractivity (Wildman–Crippen MR) is 62.2 cm³/mol. The molecular formula is C13H15FN2O. The molecule has 2 saturated heterocycles. The van der Waals surface area contributed by atoms with Gasteiger partial charge in [0.2, 0.25) is 0 Å². The van der Waals surface area contributed by atoms with Gasteiger partial charge in [-0.1, -0.05) is 0 Å². The number of carbonyl (C=O) groups is 1. The van der Waals surface area contributed by atoms with Gasteiger partial charge in [0.15, 0.2) is 0 Å². The van der Waals surface area contributed by atoms with E-state index in [1.165, 1.54) is 12.1 Å². The molecule has 1 aromatic carbocycles. The summed E-state index contributed by atoms with van der Waals surface area (Å²) in [4.78, 5) is 14.0. The zero-order chi connectivity index (χ0) is 11.8. The summed E-state index contributed by atoms with van der Waals surface area (Å²) in [6.45, 7) is 2.67. The average Bonchev–Trinajstić information content (AvgIpc) is 2.89. The number of halogens is 1. The van der Waals surface area contributed by atoms with E-state index in [4.69, 9.17) is 0 Å². The molecule has 0 aliphatic carbocycles. The minimum atomic E-state index is -0.304. The summed E-state index contributed by atoms with van der Waals surface area (Å²) >= 11 is 0. The summed E-state index contributed by atoms with van der Waals surface area (Å²) in [6.07, 6.45) is 1.15. The number of rotatable bonds is 1. The van der Waals surface area contributed by atoms with E-state index in [2.05, 4.69) is 5.32 Å². The molecule has 0 radical (unpaired) electrons. The Bertz CT molecular complexity index is 420. The van der Waals surface area contributed by atoms with Crippen LogP contribution >= 0.6 is 0 Å². The molecule has 3 nitrogen and oxygen atoms in total. The quantitative estimate of drug-likeness (QED) is 0.793. The van der Waals surface area contributed by atoms with Gasteiger partial charge in [0, 0.05) is 24.7 Å². The normalized spacial score (nSPS) is 27.2. The standard InChI is InChI=1S/C13H15FN2O/c14-11-3-1-9(2-4-11)13(17)16-7-10-5-6-15-12(10)8-16/h1-4,10,12,15H,5-8H2/t10-,12+/m0/s1. The number of nitrogens with one attached hydrogen (secondary N) is 1. The Morgan fingerprint density at radius 3 is 2.76 bits per heavy atom. The summed E-state index contributed by atoms with van der Waals surface area (Å²) in [5.41, 5.74) is 0.575. The maximum Gasteiger partial charge on any atom is 0.253 e. The van der Waals surface area contributed by atoms with Crippen molar-refractivity contribution in [3.05, 3.63) is 35.6 Å². The minimum absolute atomic E-state index is 0.0150. The van der Waals surface area contributed by atoms with Crippen molar-refractivity contribution in [3.63, 3.8) is 0 Å². The van der Waals surface area contributed by atoms with Gasteiger partial charge in [0.05, 0.1) is 0 Å². The maximum absolute atomic E-state index is 12.8. The highest BCUT2D eigenvalue weighted by atomic mass is 19.1. The highest BCUT2D eigenvalue weighted by Gasteiger charge is 2.37. The van der Waals surface area contributed by atoms with Crippen LogP contribution in [0.5, 0.6) is 0 Å². The molecule has 90 valence electrons. The van der Waals surface area contributed by atoms with Crippen molar-refractivity contribution in [2.24, 2.45) is 5.92 Å². The monoisotopic (exact) mass is 234 g/mol. The van der Waals surface area contributed by atoms with Gasteiger partial charge in [0.25, 0.3) is 5.91 Å². The van der Waals surface area contributed by atoms with E-state index < -0.39 is 0 Å². The van der Waals surface area contributed by atoms with E-state index in [9.17, 15) is 9.18 Å². The molecular weight excluding hydrogens is 219 g/mol. The lowest BCUT2D eigenvalue weighted by atomic mass is 10.1. The molecule has 1 aromatic rings. The predicted octanol–water partition coefficient (Wildman–Crippen LogP) is 1.26. The lowest BCUT2D eigenvalue weighted by Crippen LogP contribution is -2.33. The molecule has 17 heavy (non-hydrogen) atoms. The number of nitrogens with zero attached hydrogens (tertiary/aromatic N) is 1. The highest BCUT2D eigenvalue weighted by molar-refractivity contribution is 5.94. The number of hydrogen-bond acceptors (Lipinski definition) is 2. The third kappa shape index (κ3) is 1.93. The van der Waals surface area contributed by atoms with Crippen molar-refractivity contribution in [1.82, 2.24) is 10.2 Å². The van der Waals surface area contributed by atoms with Crippen LogP contribution in [-0.4, -0.2) is 36.5 Å². The summed E-state index contributed by atoms with van der Waals surface area (Å²) < 4.78 is 12.8. The zero-order valence-electron chi connectivity index (χ0n) is 9.53. The summed E-state index contributed by atoms with van der Waals surface area (Å²) in [6, 6.07) is 6.24. The van der Waals surface area contributed by atoms with E-state index in [-0.39, 0.29) is 11.7 Å². The fourth-order valence-corrected chi connectivity index (χ4v) is 2.79. The summed E-state index contributed by atoms with van der Waals surface area (Å²) in [5.74, 6) is 0.308. The Kier molecular flexibility index (Phi) is 2.59. The molecule has 2 heterocycles. The summed E-state index contributed by atoms with van der Waals surface area (Å²) in [5, 5.41) is 3.41. The number of fused-ring (bicyclic) bond motifs is 1. The smallest absolute Gasteiger partial charge is 0.253 e. The van der Waals surface area contributed by atoms with E-state index in [1.54, 1.807) is 12.1 Å². The van der Waals surface area contributed by atoms with Crippen molar-refractivity contribution in [1.29, 1.82) is 0 Å². The van der Waals surface area contributed by atoms with Crippen LogP contribution in [0.2, 0.25) is 0 Å². The largest absolute Gasteiger partial charge is 0.337 e. The van der Waals surface area contributed by atoms with Crippen LogP contribution in [0.3, 0.4) is 0 Å². The average molecular weight is 234 g/mol. The first-order chi connectivity index (χ1) is 8.24. The number of benzene rings is 1. The lowest BCUT2D eigenvalue weighted by Gasteiger charge is -2.17. The van der Waals surface area contributed by atoms with Crippen molar-refractivity contribution in [2.75, 3.05) is 19.6 Å². The molecule has 0 saturated carbocycles. The highest BCUT2D eigenvalue weighted by Crippen LogP contribution is 2.25. The van der Waals surface area contributed by atoms with E-state index in [0.29, 0.717) is 17.5 Å². The minimum Gasteiger partial charge on any atom is -0.337 e. The van der Waals surface area contributed by atoms with Gasteiger partial charge < -0.3 is 10.2 Å². The maximum atomic E-state index is 12.8. The first-order valence-corrected chi connectivity index (χ1v) is 6.02. The molecule has 2 aliphatic rings. The van der Waals surface area contributed by atoms with Gasteiger partial charge in [-0.05, 0) is 43.1 Å². The SMILES string of the molecule is O=C(c1ccc(F)cc1)N1C[C@@H]2CCN[C@@H]2C1. The number of carbonyl (C=O) groups excluding carboxylic acids is 1. The van der Waals surface area contributed by atoms with Crippen LogP contribution in [0.25, 0.3) is 0 Å². The van der Waals surface area contributed by atoms with Gasteiger partial charge in [-0.3, -0.25) is 4.79 Å². The second kappa shape index (κ2) is 4.11. The molecule has 0 spiro atoms. The van der Waals surface area contributed by atoms with Gasteiger partial charge in [0.1, 0.15) is 5.82 Å². The van der Waals surface area contributed by atoms with Gasteiger partial charge in [-0.25, -0.2) is 4.39 Å². The lowest BCUT2D eigenvalue weighted by molar-refractivity contribution is 0.0782. The fraction of sp³-hybridized carbons (Fsp3) is 0.462. The van der Waals surface area contributed by atoms with Crippen molar-refractivity contribution in [2.45, 2.75) is 12.5 Å². The van der Waals surface area contributed by atoms with Crippen LogP contribution in [0, 0.1) is 11.7 Å². The van der Waals surface area contributed by atoms with E-state index in [1.807, 2.05) is 4.90 Å². The third-order valence-corrected chi connectivity index (χ3v) is 3.74. The topological polar surface area (TPSA) is 32.3 Å². The Hall–Kier alpha value is -1.42. The third-order valence-electron chi connectivity index (χ3n) is 3.74. The Labute approximate surface area is 99.6 Å². The number of likely N-dealkylation sites (tertiary alicyclic amines) is 1. The zero-order valence-corrected chi connectivity index (χ0v) is 9.53. The molecule has 2 aliphatic heterocycles. The molecule has 2 atom stereocenters. The molecule has 1 N–H and O–H groups in total. The van der Waals surface area contributed by atoms with Crippen LogP contribution in [0.15, 0.2) is 24.3 Å². The Morgan fingerprint density at radius 1 is 1.29 bits per heavy atom. The Morgan fingerprint density at radius 2 is 2.06 bits per heavy atom. The fourth-order valence-electron chi connectivity index (χ4n) is 2.79. The molecule has 3 rings (SSSR count). The Balaban J connectivity index is 1.73. The van der Waals surface area contributed by atoms with Crippen LogP contribution in [-0.2, 0) is 0 Å². The van der Waals surface area contributed by atoms with Crippen LogP contribution < -0.4 is 5.32 Å². The molecule has 0 unspecified atom stereocenters.